The van der Waals surface area contributed by atoms with Crippen LogP contribution in [-0.2, 0) is 4.79 Å². The highest BCUT2D eigenvalue weighted by atomic mass is 35.5. The number of amides is 1. The Bertz CT molecular complexity index is 476. The molecule has 0 N–H and O–H groups in total. The van der Waals surface area contributed by atoms with Crippen LogP contribution in [0.25, 0.3) is 0 Å². The van der Waals surface area contributed by atoms with Crippen molar-refractivity contribution in [2.75, 3.05) is 13.1 Å². The zero-order valence-electron chi connectivity index (χ0n) is 9.73. The maximum Gasteiger partial charge on any atom is 0.255 e. The van der Waals surface area contributed by atoms with E-state index in [1.165, 1.54) is 0 Å². The van der Waals surface area contributed by atoms with Crippen LogP contribution in [0.15, 0.2) is 24.3 Å². The number of hydrogen-bond donors (Lipinski definition) is 0. The van der Waals surface area contributed by atoms with Gasteiger partial charge in [0.2, 0.25) is 5.24 Å². The minimum atomic E-state index is -0.369. The molecule has 1 fully saturated rings. The van der Waals surface area contributed by atoms with E-state index in [0.717, 1.165) is 12.8 Å². The molecule has 2 rings (SSSR count). The summed E-state index contributed by atoms with van der Waals surface area (Å²) in [5.74, 6) is -0.393. The topological polar surface area (TPSA) is 37.4 Å². The van der Waals surface area contributed by atoms with E-state index in [2.05, 4.69) is 0 Å². The lowest BCUT2D eigenvalue weighted by Crippen LogP contribution is -2.41. The van der Waals surface area contributed by atoms with Crippen LogP contribution < -0.4 is 0 Å². The summed E-state index contributed by atoms with van der Waals surface area (Å²) in [4.78, 5) is 25.1. The smallest absolute Gasteiger partial charge is 0.255 e. The molecule has 3 nitrogen and oxygen atoms in total. The molecule has 1 aliphatic rings. The first kappa shape index (κ1) is 13.4. The standard InChI is InChI=1S/C13H13Cl2NO2/c14-11-6-2-1-5-10(11)13(18)16-7-3-4-9(8-16)12(15)17/h1-2,5-6,9H,3-4,7-8H2. The molecule has 0 aliphatic carbocycles. The first-order valence-electron chi connectivity index (χ1n) is 5.82. The minimum Gasteiger partial charge on any atom is -0.338 e. The number of carbonyl (C=O) groups is 2. The van der Waals surface area contributed by atoms with Crippen LogP contribution in [0.1, 0.15) is 23.2 Å². The summed E-state index contributed by atoms with van der Waals surface area (Å²) < 4.78 is 0. The molecule has 0 aromatic heterocycles. The molecule has 1 amide bonds. The molecule has 5 heteroatoms. The predicted molar refractivity (Wildman–Crippen MR) is 70.9 cm³/mol. The van der Waals surface area contributed by atoms with Crippen molar-refractivity contribution in [3.05, 3.63) is 34.9 Å². The Kier molecular flexibility index (Phi) is 4.25. The maximum atomic E-state index is 12.3. The van der Waals surface area contributed by atoms with E-state index in [0.29, 0.717) is 23.7 Å². The highest BCUT2D eigenvalue weighted by Crippen LogP contribution is 2.23. The second-order valence-electron chi connectivity index (χ2n) is 4.37. The zero-order chi connectivity index (χ0) is 13.1. The number of piperidine rings is 1. The Hall–Kier alpha value is -1.06. The highest BCUT2D eigenvalue weighted by Gasteiger charge is 2.28. The van der Waals surface area contributed by atoms with Gasteiger partial charge in [-0.05, 0) is 36.6 Å². The summed E-state index contributed by atoms with van der Waals surface area (Å²) in [6.45, 7) is 1.02. The van der Waals surface area contributed by atoms with Gasteiger partial charge in [0.25, 0.3) is 5.91 Å². The van der Waals surface area contributed by atoms with Crippen LogP contribution in [0, 0.1) is 5.92 Å². The molecule has 0 spiro atoms. The Balaban J connectivity index is 2.14. The third-order valence-electron chi connectivity index (χ3n) is 3.13. The number of nitrogens with zero attached hydrogens (tertiary/aromatic N) is 1. The molecular formula is C13H13Cl2NO2. The van der Waals surface area contributed by atoms with E-state index in [-0.39, 0.29) is 17.1 Å². The fourth-order valence-corrected chi connectivity index (χ4v) is 2.55. The number of hydrogen-bond acceptors (Lipinski definition) is 2. The van der Waals surface area contributed by atoms with E-state index >= 15 is 0 Å². The average Bonchev–Trinajstić information content (AvgIpc) is 2.38. The Labute approximate surface area is 116 Å². The van der Waals surface area contributed by atoms with E-state index in [4.69, 9.17) is 23.2 Å². The van der Waals surface area contributed by atoms with E-state index in [9.17, 15) is 9.59 Å². The summed E-state index contributed by atoms with van der Waals surface area (Å²) in [5.41, 5.74) is 0.474. The molecule has 1 atom stereocenters. The molecule has 0 radical (unpaired) electrons. The van der Waals surface area contributed by atoms with Gasteiger partial charge in [0.15, 0.2) is 0 Å². The average molecular weight is 286 g/mol. The van der Waals surface area contributed by atoms with Crippen molar-refractivity contribution >= 4 is 34.4 Å². The molecule has 96 valence electrons. The quantitative estimate of drug-likeness (QED) is 0.784. The molecule has 1 aromatic carbocycles. The van der Waals surface area contributed by atoms with Crippen LogP contribution >= 0.6 is 23.2 Å². The van der Waals surface area contributed by atoms with Gasteiger partial charge in [-0.2, -0.15) is 0 Å². The summed E-state index contributed by atoms with van der Waals surface area (Å²) in [7, 11) is 0. The largest absolute Gasteiger partial charge is 0.338 e. The lowest BCUT2D eigenvalue weighted by molar-refractivity contribution is -0.116. The monoisotopic (exact) mass is 285 g/mol. The Morgan fingerprint density at radius 2 is 2.00 bits per heavy atom. The first-order valence-corrected chi connectivity index (χ1v) is 6.58. The molecule has 1 saturated heterocycles. The van der Waals surface area contributed by atoms with Gasteiger partial charge in [0.05, 0.1) is 16.5 Å². The van der Waals surface area contributed by atoms with Crippen molar-refractivity contribution in [3.63, 3.8) is 0 Å². The lowest BCUT2D eigenvalue weighted by Gasteiger charge is -2.31. The van der Waals surface area contributed by atoms with Crippen molar-refractivity contribution in [2.24, 2.45) is 5.92 Å². The van der Waals surface area contributed by atoms with Crippen molar-refractivity contribution in [1.29, 1.82) is 0 Å². The van der Waals surface area contributed by atoms with Crippen LogP contribution in [0.4, 0.5) is 0 Å². The fraction of sp³-hybridized carbons (Fsp3) is 0.385. The van der Waals surface area contributed by atoms with Gasteiger partial charge >= 0.3 is 0 Å². The van der Waals surface area contributed by atoms with E-state index in [1.54, 1.807) is 29.2 Å². The molecule has 1 heterocycles. The maximum absolute atomic E-state index is 12.3. The number of rotatable bonds is 2. The number of likely N-dealkylation sites (tertiary alicyclic amines) is 1. The molecule has 0 saturated carbocycles. The second kappa shape index (κ2) is 5.72. The van der Waals surface area contributed by atoms with Crippen molar-refractivity contribution in [1.82, 2.24) is 4.90 Å². The number of benzene rings is 1. The Morgan fingerprint density at radius 3 is 2.67 bits per heavy atom. The zero-order valence-corrected chi connectivity index (χ0v) is 11.2. The van der Waals surface area contributed by atoms with Crippen LogP contribution in [-0.4, -0.2) is 29.1 Å². The summed E-state index contributed by atoms with van der Waals surface area (Å²) in [6, 6.07) is 6.92. The van der Waals surface area contributed by atoms with Gasteiger partial charge in [0.1, 0.15) is 0 Å². The molecule has 1 aromatic rings. The SMILES string of the molecule is O=C(Cl)C1CCCN(C(=O)c2ccccc2Cl)C1. The molecule has 1 aliphatic heterocycles. The lowest BCUT2D eigenvalue weighted by atomic mass is 9.98. The van der Waals surface area contributed by atoms with Gasteiger partial charge in [-0.3, -0.25) is 9.59 Å². The first-order chi connectivity index (χ1) is 8.59. The van der Waals surface area contributed by atoms with Gasteiger partial charge in [0, 0.05) is 13.1 Å². The van der Waals surface area contributed by atoms with Crippen molar-refractivity contribution in [2.45, 2.75) is 12.8 Å². The molecular weight excluding hydrogens is 273 g/mol. The molecule has 18 heavy (non-hydrogen) atoms. The molecule has 1 unspecified atom stereocenters. The van der Waals surface area contributed by atoms with Crippen molar-refractivity contribution < 1.29 is 9.59 Å². The summed E-state index contributed by atoms with van der Waals surface area (Å²) in [6.07, 6.45) is 1.54. The normalized spacial score (nSPS) is 19.7. The number of carbonyl (C=O) groups excluding carboxylic acids is 2. The van der Waals surface area contributed by atoms with Gasteiger partial charge < -0.3 is 4.90 Å². The van der Waals surface area contributed by atoms with Gasteiger partial charge in [-0.25, -0.2) is 0 Å². The van der Waals surface area contributed by atoms with Crippen LogP contribution in [0.5, 0.6) is 0 Å². The van der Waals surface area contributed by atoms with Crippen LogP contribution in [0.2, 0.25) is 5.02 Å². The van der Waals surface area contributed by atoms with Gasteiger partial charge in [-0.1, -0.05) is 23.7 Å². The number of halogens is 2. The predicted octanol–water partition coefficient (Wildman–Crippen LogP) is 2.96. The van der Waals surface area contributed by atoms with Crippen LogP contribution in [0.3, 0.4) is 0 Å². The third kappa shape index (κ3) is 2.85. The highest BCUT2D eigenvalue weighted by molar-refractivity contribution is 6.64. The Morgan fingerprint density at radius 1 is 1.28 bits per heavy atom. The fourth-order valence-electron chi connectivity index (χ4n) is 2.15. The summed E-state index contributed by atoms with van der Waals surface area (Å²) in [5, 5.41) is 0.0634. The third-order valence-corrected chi connectivity index (χ3v) is 3.77. The summed E-state index contributed by atoms with van der Waals surface area (Å²) >= 11 is 11.5. The van der Waals surface area contributed by atoms with E-state index in [1.807, 2.05) is 0 Å². The molecule has 0 bridgehead atoms. The van der Waals surface area contributed by atoms with E-state index < -0.39 is 0 Å². The minimum absolute atomic E-state index is 0.136. The second-order valence-corrected chi connectivity index (χ2v) is 5.15. The van der Waals surface area contributed by atoms with Crippen molar-refractivity contribution in [3.8, 4) is 0 Å². The van der Waals surface area contributed by atoms with Gasteiger partial charge in [-0.15, -0.1) is 0 Å².